The Labute approximate surface area is 237 Å². The van der Waals surface area contributed by atoms with Gasteiger partial charge in [0.05, 0.1) is 23.7 Å². The van der Waals surface area contributed by atoms with Crippen LogP contribution in [0.15, 0.2) is 41.3 Å². The molecular formula is C27H34F2N6O5S. The Kier molecular flexibility index (Phi) is 9.58. The van der Waals surface area contributed by atoms with Gasteiger partial charge in [-0.3, -0.25) is 9.89 Å². The molecule has 3 N–H and O–H groups in total. The van der Waals surface area contributed by atoms with E-state index in [0.717, 1.165) is 22.1 Å². The lowest BCUT2D eigenvalue weighted by molar-refractivity contribution is 0.102. The van der Waals surface area contributed by atoms with Gasteiger partial charge >= 0.3 is 0 Å². The van der Waals surface area contributed by atoms with Crippen LogP contribution in [0.25, 0.3) is 0 Å². The highest BCUT2D eigenvalue weighted by Crippen LogP contribution is 2.30. The topological polar surface area (TPSA) is 129 Å². The fraction of sp³-hybridized carbons (Fsp3) is 0.407. The number of rotatable bonds is 12. The van der Waals surface area contributed by atoms with E-state index in [-0.39, 0.29) is 31.4 Å². The van der Waals surface area contributed by atoms with Crippen molar-refractivity contribution in [3.63, 3.8) is 0 Å². The second kappa shape index (κ2) is 12.9. The number of H-pyrrole nitrogens is 1. The molecule has 14 heteroatoms. The molecule has 1 amide bonds. The smallest absolute Gasteiger partial charge is 0.258 e. The summed E-state index contributed by atoms with van der Waals surface area (Å²) in [5.41, 5.74) is 2.94. The number of nitrogens with zero attached hydrogens (tertiary/aromatic N) is 3. The van der Waals surface area contributed by atoms with Crippen LogP contribution in [0.4, 0.5) is 26.0 Å². The molecule has 0 aliphatic carbocycles. The van der Waals surface area contributed by atoms with Crippen LogP contribution in [-0.4, -0.2) is 82.4 Å². The number of hydrogen-bond donors (Lipinski definition) is 3. The molecule has 0 fully saturated rings. The van der Waals surface area contributed by atoms with E-state index >= 15 is 0 Å². The molecule has 2 heterocycles. The van der Waals surface area contributed by atoms with Gasteiger partial charge in [-0.05, 0) is 37.3 Å². The minimum absolute atomic E-state index is 0.0759. The highest BCUT2D eigenvalue weighted by atomic mass is 32.2. The zero-order valence-corrected chi connectivity index (χ0v) is 24.1. The van der Waals surface area contributed by atoms with E-state index in [2.05, 4.69) is 20.8 Å². The largest absolute Gasteiger partial charge is 0.383 e. The van der Waals surface area contributed by atoms with Crippen molar-refractivity contribution >= 4 is 33.1 Å². The van der Waals surface area contributed by atoms with Gasteiger partial charge in [0.25, 0.3) is 5.91 Å². The van der Waals surface area contributed by atoms with Crippen LogP contribution in [0.3, 0.4) is 0 Å². The summed E-state index contributed by atoms with van der Waals surface area (Å²) in [5.74, 6) is -2.26. The molecule has 1 atom stereocenters. The van der Waals surface area contributed by atoms with Crippen LogP contribution < -0.4 is 15.5 Å². The number of ether oxygens (including phenoxy) is 2. The lowest BCUT2D eigenvalue weighted by Gasteiger charge is -2.26. The molecule has 0 bridgehead atoms. The number of amides is 1. The lowest BCUT2D eigenvalue weighted by atomic mass is 10.1. The average molecular weight is 593 g/mol. The van der Waals surface area contributed by atoms with Crippen molar-refractivity contribution in [3.05, 3.63) is 64.9 Å². The maximum Gasteiger partial charge on any atom is 0.258 e. The number of hydrogen-bond acceptors (Lipinski definition) is 8. The van der Waals surface area contributed by atoms with Gasteiger partial charge in [-0.15, -0.1) is 0 Å². The molecule has 1 aliphatic rings. The van der Waals surface area contributed by atoms with Crippen LogP contribution >= 0.6 is 0 Å². The zero-order chi connectivity index (χ0) is 29.7. The summed E-state index contributed by atoms with van der Waals surface area (Å²) in [5, 5.41) is 13.2. The third-order valence-electron chi connectivity index (χ3n) is 6.74. The van der Waals surface area contributed by atoms with Gasteiger partial charge in [0, 0.05) is 82.1 Å². The molecule has 2 aromatic carbocycles. The van der Waals surface area contributed by atoms with Crippen LogP contribution in [0.2, 0.25) is 0 Å². The van der Waals surface area contributed by atoms with Crippen molar-refractivity contribution in [1.82, 2.24) is 14.5 Å². The molecule has 3 aromatic rings. The van der Waals surface area contributed by atoms with Gasteiger partial charge in [-0.2, -0.15) is 9.40 Å². The predicted molar refractivity (Wildman–Crippen MR) is 151 cm³/mol. The highest BCUT2D eigenvalue weighted by Gasteiger charge is 2.32. The Bertz CT molecular complexity index is 1480. The molecule has 11 nitrogen and oxygen atoms in total. The predicted octanol–water partition coefficient (Wildman–Crippen LogP) is 3.22. The number of likely N-dealkylation sites (N-methyl/N-ethyl adjacent to an activating group) is 1. The fourth-order valence-corrected chi connectivity index (χ4v) is 6.03. The summed E-state index contributed by atoms with van der Waals surface area (Å²) in [6, 6.07) is 7.45. The summed E-state index contributed by atoms with van der Waals surface area (Å²) in [6.45, 7) is 3.46. The number of carbonyl (C=O) groups is 1. The summed E-state index contributed by atoms with van der Waals surface area (Å²) in [4.78, 5) is 15.0. The Balaban J connectivity index is 1.58. The molecule has 0 spiro atoms. The molecular weight excluding hydrogens is 558 g/mol. The molecule has 1 aromatic heterocycles. The lowest BCUT2D eigenvalue weighted by Crippen LogP contribution is -2.36. The first-order valence-corrected chi connectivity index (χ1v) is 14.4. The number of anilines is 3. The number of nitrogens with one attached hydrogen (secondary N) is 3. The second-order valence-corrected chi connectivity index (χ2v) is 11.8. The third kappa shape index (κ3) is 7.01. The average Bonchev–Trinajstić information content (AvgIpc) is 3.33. The maximum absolute atomic E-state index is 13.8. The Morgan fingerprint density at radius 1 is 1.17 bits per heavy atom. The summed E-state index contributed by atoms with van der Waals surface area (Å²) < 4.78 is 65.4. The van der Waals surface area contributed by atoms with Crippen molar-refractivity contribution < 1.29 is 31.5 Å². The van der Waals surface area contributed by atoms with Gasteiger partial charge in [-0.1, -0.05) is 0 Å². The standard InChI is InChI=1S/C27H34F2N6O5S/c1-17(16-40-4)30-25-14-20(34(2)9-10-39-3)5-6-22(25)27(36)31-26-23-15-35(8-7-24(23)32-33-26)41(37,38)21-12-18(28)11-19(29)13-21/h5-6,11-14,17,30H,7-10,15-16H2,1-4H3,(H2,31,32,33,36). The van der Waals surface area contributed by atoms with Crippen molar-refractivity contribution in [2.45, 2.75) is 30.8 Å². The van der Waals surface area contributed by atoms with Gasteiger partial charge in [0.2, 0.25) is 10.0 Å². The minimum Gasteiger partial charge on any atom is -0.383 e. The number of aromatic nitrogens is 2. The SMILES string of the molecule is COCCN(C)c1ccc(C(=O)Nc2n[nH]c3c2CN(S(=O)(=O)c2cc(F)cc(F)c2)CC3)c(NC(C)COC)c1. The molecule has 1 aliphatic heterocycles. The van der Waals surface area contributed by atoms with Crippen molar-refractivity contribution in [1.29, 1.82) is 0 Å². The van der Waals surface area contributed by atoms with Crippen LogP contribution in [0.5, 0.6) is 0 Å². The molecule has 4 rings (SSSR count). The van der Waals surface area contributed by atoms with Crippen molar-refractivity contribution in [2.24, 2.45) is 0 Å². The van der Waals surface area contributed by atoms with Crippen molar-refractivity contribution in [2.75, 3.05) is 63.1 Å². The van der Waals surface area contributed by atoms with Gasteiger partial charge in [0.15, 0.2) is 5.82 Å². The summed E-state index contributed by atoms with van der Waals surface area (Å²) in [6.07, 6.45) is 0.277. The van der Waals surface area contributed by atoms with E-state index < -0.39 is 32.5 Å². The highest BCUT2D eigenvalue weighted by molar-refractivity contribution is 7.89. The normalized spacial score (nSPS) is 14.4. The number of methoxy groups -OCH3 is 2. The molecule has 0 saturated heterocycles. The van der Waals surface area contributed by atoms with E-state index in [0.29, 0.717) is 48.3 Å². The number of carbonyl (C=O) groups excluding carboxylic acids is 1. The fourth-order valence-electron chi connectivity index (χ4n) is 4.58. The Hall–Kier alpha value is -3.59. The van der Waals surface area contributed by atoms with E-state index in [1.165, 1.54) is 0 Å². The number of aromatic amines is 1. The zero-order valence-electron chi connectivity index (χ0n) is 23.3. The Morgan fingerprint density at radius 2 is 1.90 bits per heavy atom. The van der Waals surface area contributed by atoms with Gasteiger partial charge in [-0.25, -0.2) is 17.2 Å². The summed E-state index contributed by atoms with van der Waals surface area (Å²) in [7, 11) is 0.937. The first kappa shape index (κ1) is 30.4. The van der Waals surface area contributed by atoms with Crippen LogP contribution in [0, 0.1) is 11.6 Å². The minimum atomic E-state index is -4.21. The quantitative estimate of drug-likeness (QED) is 0.293. The monoisotopic (exact) mass is 592 g/mol. The number of benzene rings is 2. The number of fused-ring (bicyclic) bond motifs is 1. The van der Waals surface area contributed by atoms with Crippen molar-refractivity contribution in [3.8, 4) is 0 Å². The first-order chi connectivity index (χ1) is 19.5. The summed E-state index contributed by atoms with van der Waals surface area (Å²) >= 11 is 0. The Morgan fingerprint density at radius 3 is 2.59 bits per heavy atom. The van der Waals surface area contributed by atoms with Crippen LogP contribution in [-0.2, 0) is 32.5 Å². The molecule has 222 valence electrons. The molecule has 41 heavy (non-hydrogen) atoms. The van der Waals surface area contributed by atoms with E-state index in [4.69, 9.17) is 9.47 Å². The van der Waals surface area contributed by atoms with E-state index in [1.54, 1.807) is 20.3 Å². The number of halogens is 2. The van der Waals surface area contributed by atoms with E-state index in [9.17, 15) is 22.0 Å². The number of sulfonamides is 1. The van der Waals surface area contributed by atoms with Crippen LogP contribution in [0.1, 0.15) is 28.5 Å². The molecule has 0 radical (unpaired) electrons. The van der Waals surface area contributed by atoms with E-state index in [1.807, 2.05) is 31.0 Å². The second-order valence-electron chi connectivity index (χ2n) is 9.82. The third-order valence-corrected chi connectivity index (χ3v) is 8.57. The van der Waals surface area contributed by atoms with Gasteiger partial charge in [0.1, 0.15) is 11.6 Å². The molecule has 0 saturated carbocycles. The van der Waals surface area contributed by atoms with Gasteiger partial charge < -0.3 is 25.0 Å². The molecule has 1 unspecified atom stereocenters. The first-order valence-electron chi connectivity index (χ1n) is 13.0. The maximum atomic E-state index is 13.8.